The monoisotopic (exact) mass is 464 g/mol. The summed E-state index contributed by atoms with van der Waals surface area (Å²) in [6.45, 7) is 0. The number of anilines is 1. The number of carbonyl (C=O) groups excluding carboxylic acids is 1. The molecule has 8 nitrogen and oxygen atoms in total. The number of fused-ring (bicyclic) bond motifs is 1. The zero-order valence-corrected chi connectivity index (χ0v) is 18.7. The molecule has 5 aromatic rings. The van der Waals surface area contributed by atoms with E-state index in [1.165, 1.54) is 11.3 Å². The lowest BCUT2D eigenvalue weighted by molar-refractivity contribution is 0.102. The zero-order chi connectivity index (χ0) is 23.5. The summed E-state index contributed by atoms with van der Waals surface area (Å²) in [5.74, 6) is 0.322. The highest BCUT2D eigenvalue weighted by Crippen LogP contribution is 2.32. The van der Waals surface area contributed by atoms with Crippen LogP contribution >= 0.6 is 11.3 Å². The largest absolute Gasteiger partial charge is 0.496 e. The Hall–Kier alpha value is -4.68. The number of rotatable bonds is 5. The molecule has 9 heteroatoms. The minimum absolute atomic E-state index is 0.324. The van der Waals surface area contributed by atoms with Crippen LogP contribution in [0.2, 0.25) is 0 Å². The lowest BCUT2D eigenvalue weighted by Crippen LogP contribution is -2.13. The maximum Gasteiger partial charge on any atom is 0.258 e. The number of benzene rings is 2. The summed E-state index contributed by atoms with van der Waals surface area (Å²) in [7, 11) is 1.59. The van der Waals surface area contributed by atoms with E-state index in [1.807, 2.05) is 36.4 Å². The standard InChI is InChI=1S/C25H16N6O2S/c1-33-21-5-3-2-4-17(21)19-13-27-11-10-18(19)23(32)31-25-30-22-24(34-25)29-20(14-28-22)16-8-6-15(12-26)7-9-16/h2-11,13-14H,1H3,(H,28,30,31,32). The molecular formula is C25H16N6O2S. The number of carbonyl (C=O) groups is 1. The van der Waals surface area contributed by atoms with Crippen LogP contribution in [0.5, 0.6) is 5.75 Å². The minimum atomic E-state index is -0.324. The highest BCUT2D eigenvalue weighted by Gasteiger charge is 2.18. The lowest BCUT2D eigenvalue weighted by atomic mass is 10.0. The second-order valence-electron chi connectivity index (χ2n) is 7.17. The van der Waals surface area contributed by atoms with E-state index < -0.39 is 0 Å². The van der Waals surface area contributed by atoms with Gasteiger partial charge in [0.15, 0.2) is 15.6 Å². The average Bonchev–Trinajstić information content (AvgIpc) is 3.30. The van der Waals surface area contributed by atoms with E-state index in [9.17, 15) is 4.79 Å². The van der Waals surface area contributed by atoms with Crippen LogP contribution in [0.3, 0.4) is 0 Å². The fourth-order valence-electron chi connectivity index (χ4n) is 3.47. The number of hydrogen-bond acceptors (Lipinski definition) is 8. The second-order valence-corrected chi connectivity index (χ2v) is 8.15. The summed E-state index contributed by atoms with van der Waals surface area (Å²) in [4.78, 5) is 31.3. The number of aromatic nitrogens is 4. The Morgan fingerprint density at radius 3 is 2.65 bits per heavy atom. The van der Waals surface area contributed by atoms with Crippen LogP contribution in [0.4, 0.5) is 5.13 Å². The average molecular weight is 465 g/mol. The van der Waals surface area contributed by atoms with Gasteiger partial charge in [0.05, 0.1) is 36.2 Å². The summed E-state index contributed by atoms with van der Waals surface area (Å²) >= 11 is 1.24. The van der Waals surface area contributed by atoms with E-state index >= 15 is 0 Å². The first-order valence-corrected chi connectivity index (χ1v) is 11.0. The van der Waals surface area contributed by atoms with Gasteiger partial charge in [0, 0.05) is 29.1 Å². The summed E-state index contributed by atoms with van der Waals surface area (Å²) in [5, 5.41) is 12.2. The van der Waals surface area contributed by atoms with Crippen LogP contribution in [-0.4, -0.2) is 33.0 Å². The molecule has 1 N–H and O–H groups in total. The van der Waals surface area contributed by atoms with Crippen molar-refractivity contribution in [2.75, 3.05) is 12.4 Å². The van der Waals surface area contributed by atoms with E-state index in [-0.39, 0.29) is 5.91 Å². The number of thiazole rings is 1. The van der Waals surface area contributed by atoms with Crippen LogP contribution in [0.25, 0.3) is 32.9 Å². The Morgan fingerprint density at radius 1 is 1.03 bits per heavy atom. The number of pyridine rings is 1. The molecule has 0 aliphatic carbocycles. The maximum absolute atomic E-state index is 13.2. The van der Waals surface area contributed by atoms with Gasteiger partial charge in [-0.1, -0.05) is 41.7 Å². The third kappa shape index (κ3) is 4.05. The molecule has 0 bridgehead atoms. The van der Waals surface area contributed by atoms with Crippen molar-refractivity contribution in [1.82, 2.24) is 19.9 Å². The molecule has 0 atom stereocenters. The summed E-state index contributed by atoms with van der Waals surface area (Å²) in [5.41, 5.74) is 4.37. The third-order valence-corrected chi connectivity index (χ3v) is 5.97. The van der Waals surface area contributed by atoms with Crippen LogP contribution in [0, 0.1) is 11.3 Å². The van der Waals surface area contributed by atoms with Crippen molar-refractivity contribution in [1.29, 1.82) is 5.26 Å². The molecule has 0 spiro atoms. The Bertz CT molecular complexity index is 1560. The lowest BCUT2D eigenvalue weighted by Gasteiger charge is -2.11. The first kappa shape index (κ1) is 21.2. The van der Waals surface area contributed by atoms with E-state index in [0.717, 1.165) is 11.1 Å². The van der Waals surface area contributed by atoms with E-state index in [4.69, 9.17) is 10.00 Å². The van der Waals surface area contributed by atoms with Crippen molar-refractivity contribution in [3.63, 3.8) is 0 Å². The topological polar surface area (TPSA) is 114 Å². The number of ether oxygens (including phenoxy) is 1. The van der Waals surface area contributed by atoms with E-state index in [0.29, 0.717) is 43.7 Å². The maximum atomic E-state index is 13.2. The molecule has 0 fully saturated rings. The first-order valence-electron chi connectivity index (χ1n) is 10.2. The number of nitriles is 1. The highest BCUT2D eigenvalue weighted by molar-refractivity contribution is 7.21. The molecule has 34 heavy (non-hydrogen) atoms. The van der Waals surface area contributed by atoms with Crippen molar-refractivity contribution in [2.24, 2.45) is 0 Å². The van der Waals surface area contributed by atoms with Crippen LogP contribution in [0.15, 0.2) is 73.2 Å². The van der Waals surface area contributed by atoms with Crippen LogP contribution in [0.1, 0.15) is 15.9 Å². The second kappa shape index (κ2) is 9.05. The number of nitrogens with zero attached hydrogens (tertiary/aromatic N) is 5. The van der Waals surface area contributed by atoms with Gasteiger partial charge in [0.2, 0.25) is 0 Å². The van der Waals surface area contributed by atoms with Crippen molar-refractivity contribution in [2.45, 2.75) is 0 Å². The van der Waals surface area contributed by atoms with Crippen LogP contribution < -0.4 is 10.1 Å². The molecule has 5 rings (SSSR count). The van der Waals surface area contributed by atoms with Gasteiger partial charge in [-0.15, -0.1) is 0 Å². The summed E-state index contributed by atoms with van der Waals surface area (Å²) in [6.07, 6.45) is 4.83. The number of hydrogen-bond donors (Lipinski definition) is 1. The Morgan fingerprint density at radius 2 is 1.85 bits per heavy atom. The van der Waals surface area contributed by atoms with Gasteiger partial charge in [-0.05, 0) is 24.3 Å². The van der Waals surface area contributed by atoms with Crippen molar-refractivity contribution >= 4 is 32.9 Å². The predicted octanol–water partition coefficient (Wildman–Crippen LogP) is 4.95. The van der Waals surface area contributed by atoms with Gasteiger partial charge < -0.3 is 4.74 Å². The van der Waals surface area contributed by atoms with Crippen molar-refractivity contribution < 1.29 is 9.53 Å². The van der Waals surface area contributed by atoms with Crippen molar-refractivity contribution in [3.05, 3.63) is 84.3 Å². The molecule has 0 radical (unpaired) electrons. The molecule has 3 aromatic heterocycles. The molecule has 0 unspecified atom stereocenters. The number of para-hydroxylation sites is 1. The smallest absolute Gasteiger partial charge is 0.258 e. The van der Waals surface area contributed by atoms with Gasteiger partial charge in [0.25, 0.3) is 5.91 Å². The summed E-state index contributed by atoms with van der Waals surface area (Å²) in [6, 6.07) is 18.3. The third-order valence-electron chi connectivity index (χ3n) is 5.12. The van der Waals surface area contributed by atoms with E-state index in [2.05, 4.69) is 31.3 Å². The molecule has 3 heterocycles. The fraction of sp³-hybridized carbons (Fsp3) is 0.0400. The summed E-state index contributed by atoms with van der Waals surface area (Å²) < 4.78 is 5.45. The van der Waals surface area contributed by atoms with Gasteiger partial charge >= 0.3 is 0 Å². The molecular weight excluding hydrogens is 448 g/mol. The van der Waals surface area contributed by atoms with Gasteiger partial charge in [0.1, 0.15) is 5.75 Å². The Kier molecular flexibility index (Phi) is 5.64. The molecule has 164 valence electrons. The quantitative estimate of drug-likeness (QED) is 0.391. The predicted molar refractivity (Wildman–Crippen MR) is 130 cm³/mol. The molecule has 0 aliphatic heterocycles. The first-order chi connectivity index (χ1) is 16.7. The van der Waals surface area contributed by atoms with Gasteiger partial charge in [-0.25, -0.2) is 9.97 Å². The number of nitrogens with one attached hydrogen (secondary N) is 1. The SMILES string of the molecule is COc1ccccc1-c1cnccc1C(=O)Nc1nc2ncc(-c3ccc(C#N)cc3)nc2s1. The van der Waals surface area contributed by atoms with Crippen LogP contribution in [-0.2, 0) is 0 Å². The number of amides is 1. The zero-order valence-electron chi connectivity index (χ0n) is 17.9. The molecule has 0 saturated heterocycles. The van der Waals surface area contributed by atoms with Gasteiger partial charge in [-0.2, -0.15) is 10.2 Å². The Balaban J connectivity index is 1.44. The molecule has 0 saturated carbocycles. The minimum Gasteiger partial charge on any atom is -0.496 e. The van der Waals surface area contributed by atoms with Gasteiger partial charge in [-0.3, -0.25) is 15.1 Å². The molecule has 2 aromatic carbocycles. The normalized spacial score (nSPS) is 10.6. The highest BCUT2D eigenvalue weighted by atomic mass is 32.1. The molecule has 1 amide bonds. The number of methoxy groups -OCH3 is 1. The Labute approximate surface area is 198 Å². The van der Waals surface area contributed by atoms with Crippen molar-refractivity contribution in [3.8, 4) is 34.2 Å². The molecule has 0 aliphatic rings. The fourth-order valence-corrected chi connectivity index (χ4v) is 4.26. The van der Waals surface area contributed by atoms with E-state index in [1.54, 1.807) is 43.9 Å².